The van der Waals surface area contributed by atoms with Gasteiger partial charge in [0.05, 0.1) is 6.20 Å². The number of hydrogen-bond donors (Lipinski definition) is 1. The predicted molar refractivity (Wildman–Crippen MR) is 53.6 cm³/mol. The summed E-state index contributed by atoms with van der Waals surface area (Å²) in [7, 11) is -2.30. The molecule has 2 N–H and O–H groups in total. The quantitative estimate of drug-likeness (QED) is 0.810. The van der Waals surface area contributed by atoms with Crippen LogP contribution >= 0.6 is 0 Å². The van der Waals surface area contributed by atoms with Gasteiger partial charge in [0.1, 0.15) is 11.0 Å². The summed E-state index contributed by atoms with van der Waals surface area (Å²) in [5, 5.41) is 4.12. The predicted octanol–water partition coefficient (Wildman–Crippen LogP) is 0.348. The number of nitrogens with zero attached hydrogens (tertiary/aromatic N) is 1. The van der Waals surface area contributed by atoms with Gasteiger partial charge >= 0.3 is 0 Å². The highest BCUT2D eigenvalue weighted by atomic mass is 32.2. The number of sulfonamides is 1. The minimum Gasteiger partial charge on any atom is -0.443 e. The highest BCUT2D eigenvalue weighted by molar-refractivity contribution is 7.89. The first kappa shape index (κ1) is 12.2. The van der Waals surface area contributed by atoms with Crippen LogP contribution in [-0.4, -0.2) is 25.8 Å². The Morgan fingerprint density at radius 2 is 2.20 bits per heavy atom. The van der Waals surface area contributed by atoms with Crippen molar-refractivity contribution in [3.63, 3.8) is 0 Å². The van der Waals surface area contributed by atoms with Crippen molar-refractivity contribution in [3.05, 3.63) is 17.8 Å². The van der Waals surface area contributed by atoms with Crippen molar-refractivity contribution in [2.24, 2.45) is 5.14 Å². The van der Waals surface area contributed by atoms with E-state index in [2.05, 4.69) is 4.98 Å². The second kappa shape index (κ2) is 4.30. The van der Waals surface area contributed by atoms with Gasteiger partial charge in [-0.05, 0) is 13.8 Å². The van der Waals surface area contributed by atoms with Gasteiger partial charge in [0.25, 0.3) is 0 Å². The van der Waals surface area contributed by atoms with Gasteiger partial charge in [0.2, 0.25) is 15.9 Å². The largest absolute Gasteiger partial charge is 0.443 e. The third kappa shape index (κ3) is 2.77. The number of methoxy groups -OCH3 is 1. The summed E-state index contributed by atoms with van der Waals surface area (Å²) in [6, 6.07) is 0. The van der Waals surface area contributed by atoms with Crippen LogP contribution in [0.3, 0.4) is 0 Å². The summed E-state index contributed by atoms with van der Waals surface area (Å²) in [6.45, 7) is 3.16. The van der Waals surface area contributed by atoms with Crippen LogP contribution in [0.25, 0.3) is 0 Å². The highest BCUT2D eigenvalue weighted by Gasteiger charge is 2.31. The van der Waals surface area contributed by atoms with E-state index < -0.39 is 21.4 Å². The molecule has 2 unspecified atom stereocenters. The van der Waals surface area contributed by atoms with Gasteiger partial charge in [-0.15, -0.1) is 0 Å². The third-order valence-corrected chi connectivity index (χ3v) is 3.36. The van der Waals surface area contributed by atoms with E-state index in [1.807, 2.05) is 0 Å². The fourth-order valence-corrected chi connectivity index (χ4v) is 1.74. The molecule has 0 bridgehead atoms. The Hall–Kier alpha value is -0.920. The molecule has 0 aliphatic rings. The summed E-state index contributed by atoms with van der Waals surface area (Å²) < 4.78 is 32.5. The molecule has 0 aromatic carbocycles. The van der Waals surface area contributed by atoms with E-state index in [1.165, 1.54) is 20.2 Å². The van der Waals surface area contributed by atoms with Crippen LogP contribution in [0.15, 0.2) is 10.6 Å². The summed E-state index contributed by atoms with van der Waals surface area (Å²) in [6.07, 6.45) is 0.714. The summed E-state index contributed by atoms with van der Waals surface area (Å²) in [5.41, 5.74) is 0. The van der Waals surface area contributed by atoms with E-state index in [-0.39, 0.29) is 5.89 Å². The zero-order valence-corrected chi connectivity index (χ0v) is 9.61. The number of aryl methyl sites for hydroxylation is 1. The van der Waals surface area contributed by atoms with Crippen molar-refractivity contribution in [2.75, 3.05) is 7.11 Å². The molecule has 0 saturated heterocycles. The van der Waals surface area contributed by atoms with Crippen LogP contribution in [0.5, 0.6) is 0 Å². The first-order chi connectivity index (χ1) is 6.86. The van der Waals surface area contributed by atoms with Crippen molar-refractivity contribution >= 4 is 10.0 Å². The molecule has 1 aromatic heterocycles. The second-order valence-corrected chi connectivity index (χ2v) is 5.18. The van der Waals surface area contributed by atoms with Gasteiger partial charge in [-0.1, -0.05) is 0 Å². The van der Waals surface area contributed by atoms with E-state index in [9.17, 15) is 8.42 Å². The molecule has 86 valence electrons. The molecule has 7 heteroatoms. The van der Waals surface area contributed by atoms with Gasteiger partial charge in [-0.25, -0.2) is 18.5 Å². The maximum absolute atomic E-state index is 11.1. The fraction of sp³-hybridized carbons (Fsp3) is 0.625. The molecule has 1 aromatic rings. The van der Waals surface area contributed by atoms with Gasteiger partial charge in [0, 0.05) is 7.11 Å². The second-order valence-electron chi connectivity index (χ2n) is 3.26. The van der Waals surface area contributed by atoms with E-state index in [0.29, 0.717) is 5.76 Å². The lowest BCUT2D eigenvalue weighted by molar-refractivity contribution is 0.0778. The number of ether oxygens (including phenoxy) is 1. The maximum Gasteiger partial charge on any atom is 0.224 e. The molecule has 0 radical (unpaired) electrons. The molecule has 2 atom stereocenters. The Bertz CT molecular complexity index is 426. The average molecular weight is 234 g/mol. The molecule has 1 rings (SSSR count). The third-order valence-electron chi connectivity index (χ3n) is 2.08. The van der Waals surface area contributed by atoms with E-state index in [1.54, 1.807) is 6.92 Å². The van der Waals surface area contributed by atoms with Crippen LogP contribution in [-0.2, 0) is 14.8 Å². The molecular formula is C8H14N2O4S. The molecule has 0 fully saturated rings. The van der Waals surface area contributed by atoms with Crippen molar-refractivity contribution in [3.8, 4) is 0 Å². The molecule has 0 saturated carbocycles. The summed E-state index contributed by atoms with van der Waals surface area (Å²) >= 11 is 0. The van der Waals surface area contributed by atoms with Crippen LogP contribution in [0.4, 0.5) is 0 Å². The van der Waals surface area contributed by atoms with E-state index in [4.69, 9.17) is 14.3 Å². The van der Waals surface area contributed by atoms with Crippen LogP contribution < -0.4 is 5.14 Å². The van der Waals surface area contributed by atoms with Crippen LogP contribution in [0, 0.1) is 6.92 Å². The molecule has 0 aliphatic carbocycles. The van der Waals surface area contributed by atoms with E-state index in [0.717, 1.165) is 0 Å². The smallest absolute Gasteiger partial charge is 0.224 e. The number of oxazole rings is 1. The molecule has 0 amide bonds. The number of hydrogen-bond acceptors (Lipinski definition) is 5. The Morgan fingerprint density at radius 1 is 1.60 bits per heavy atom. The normalized spacial score (nSPS) is 16.3. The van der Waals surface area contributed by atoms with E-state index >= 15 is 0 Å². The summed E-state index contributed by atoms with van der Waals surface area (Å²) in [4.78, 5) is 3.91. The fourth-order valence-electron chi connectivity index (χ4n) is 1.17. The Labute approximate surface area is 88.5 Å². The van der Waals surface area contributed by atoms with Crippen molar-refractivity contribution in [1.82, 2.24) is 4.98 Å². The topological polar surface area (TPSA) is 95.4 Å². The Kier molecular flexibility index (Phi) is 3.48. The van der Waals surface area contributed by atoms with Crippen LogP contribution in [0.2, 0.25) is 0 Å². The lowest BCUT2D eigenvalue weighted by atomic mass is 10.3. The number of aromatic nitrogens is 1. The minimum absolute atomic E-state index is 0.219. The van der Waals surface area contributed by atoms with Crippen LogP contribution in [0.1, 0.15) is 24.7 Å². The van der Waals surface area contributed by atoms with Crippen molar-refractivity contribution in [2.45, 2.75) is 25.2 Å². The maximum atomic E-state index is 11.1. The van der Waals surface area contributed by atoms with Gasteiger partial charge in [-0.2, -0.15) is 0 Å². The molecule has 1 heterocycles. The molecule has 0 spiro atoms. The standard InChI is InChI=1S/C8H14N2O4S/c1-5-4-10-8(14-5)7(13-3)6(2)15(9,11)12/h4,6-7H,1-3H3,(H2,9,11,12). The van der Waals surface area contributed by atoms with Gasteiger partial charge in [-0.3, -0.25) is 0 Å². The zero-order valence-electron chi connectivity index (χ0n) is 8.80. The number of nitrogens with two attached hydrogens (primary N) is 1. The SMILES string of the molecule is COC(c1ncc(C)o1)C(C)S(N)(=O)=O. The zero-order chi connectivity index (χ0) is 11.6. The van der Waals surface area contributed by atoms with Crippen molar-refractivity contribution < 1.29 is 17.6 Å². The van der Waals surface area contributed by atoms with Gasteiger partial charge in [0.15, 0.2) is 6.10 Å². The number of rotatable bonds is 4. The Morgan fingerprint density at radius 3 is 2.53 bits per heavy atom. The first-order valence-electron chi connectivity index (χ1n) is 4.33. The monoisotopic (exact) mass is 234 g/mol. The molecular weight excluding hydrogens is 220 g/mol. The van der Waals surface area contributed by atoms with Gasteiger partial charge < -0.3 is 9.15 Å². The molecule has 15 heavy (non-hydrogen) atoms. The lowest BCUT2D eigenvalue weighted by Crippen LogP contribution is -2.32. The number of primary sulfonamides is 1. The molecule has 0 aliphatic heterocycles. The highest BCUT2D eigenvalue weighted by Crippen LogP contribution is 2.23. The molecule has 6 nitrogen and oxygen atoms in total. The lowest BCUT2D eigenvalue weighted by Gasteiger charge is -2.17. The summed E-state index contributed by atoms with van der Waals surface area (Å²) in [5.74, 6) is 0.810. The average Bonchev–Trinajstić information content (AvgIpc) is 2.51. The first-order valence-corrected chi connectivity index (χ1v) is 5.94. The van der Waals surface area contributed by atoms with Crippen molar-refractivity contribution in [1.29, 1.82) is 0 Å². The minimum atomic E-state index is -3.68. The Balaban J connectivity index is 2.99.